The summed E-state index contributed by atoms with van der Waals surface area (Å²) in [7, 11) is 0. The Morgan fingerprint density at radius 1 is 1.10 bits per heavy atom. The second kappa shape index (κ2) is 8.22. The van der Waals surface area contributed by atoms with Crippen LogP contribution in [0, 0.1) is 5.92 Å². The van der Waals surface area contributed by atoms with Crippen molar-refractivity contribution in [2.24, 2.45) is 16.8 Å². The van der Waals surface area contributed by atoms with Crippen LogP contribution in [0.2, 0.25) is 0 Å². The Morgan fingerprint density at radius 2 is 1.71 bits per heavy atom. The van der Waals surface area contributed by atoms with Gasteiger partial charge in [0.25, 0.3) is 0 Å². The third kappa shape index (κ3) is 5.19. The van der Waals surface area contributed by atoms with Gasteiger partial charge < -0.3 is 15.8 Å². The molecule has 6 nitrogen and oxygen atoms in total. The molecule has 1 amide bonds. The molecule has 120 valence electrons. The molecule has 0 aromatic rings. The summed E-state index contributed by atoms with van der Waals surface area (Å²) in [5.74, 6) is 1.13. The molecule has 1 saturated heterocycles. The number of hydrogen-bond donors (Lipinski definition) is 2. The third-order valence-corrected chi connectivity index (χ3v) is 4.68. The van der Waals surface area contributed by atoms with E-state index in [1.54, 1.807) is 0 Å². The Labute approximate surface area is 127 Å². The van der Waals surface area contributed by atoms with Crippen LogP contribution in [0.25, 0.3) is 0 Å². The van der Waals surface area contributed by atoms with Crippen LogP contribution in [0.1, 0.15) is 44.9 Å². The number of oxime groups is 1. The zero-order valence-electron chi connectivity index (χ0n) is 12.8. The largest absolute Gasteiger partial charge is 0.409 e. The van der Waals surface area contributed by atoms with Gasteiger partial charge in [0.15, 0.2) is 5.84 Å². The first-order valence-electron chi connectivity index (χ1n) is 8.15. The Kier molecular flexibility index (Phi) is 6.29. The molecular weight excluding hydrogens is 268 g/mol. The van der Waals surface area contributed by atoms with E-state index in [4.69, 9.17) is 10.9 Å². The summed E-state index contributed by atoms with van der Waals surface area (Å²) in [6.45, 7) is 3.58. The van der Waals surface area contributed by atoms with E-state index < -0.39 is 0 Å². The molecule has 1 aliphatic carbocycles. The number of piperazine rings is 1. The van der Waals surface area contributed by atoms with Gasteiger partial charge in [-0.05, 0) is 18.8 Å². The van der Waals surface area contributed by atoms with E-state index in [0.717, 1.165) is 32.6 Å². The predicted molar refractivity (Wildman–Crippen MR) is 82.2 cm³/mol. The van der Waals surface area contributed by atoms with Crippen molar-refractivity contribution in [3.05, 3.63) is 0 Å². The minimum absolute atomic E-state index is 0.230. The van der Waals surface area contributed by atoms with E-state index in [-0.39, 0.29) is 5.84 Å². The number of carbonyl (C=O) groups is 1. The molecule has 0 radical (unpaired) electrons. The van der Waals surface area contributed by atoms with Gasteiger partial charge in [-0.1, -0.05) is 30.8 Å². The van der Waals surface area contributed by atoms with Crippen LogP contribution in [-0.2, 0) is 4.79 Å². The molecule has 3 N–H and O–H groups in total. The molecule has 21 heavy (non-hydrogen) atoms. The van der Waals surface area contributed by atoms with Crippen LogP contribution in [0.4, 0.5) is 0 Å². The van der Waals surface area contributed by atoms with E-state index in [9.17, 15) is 4.79 Å². The summed E-state index contributed by atoms with van der Waals surface area (Å²) in [6, 6.07) is 0. The van der Waals surface area contributed by atoms with E-state index >= 15 is 0 Å². The second-order valence-corrected chi connectivity index (χ2v) is 6.31. The number of nitrogens with zero attached hydrogens (tertiary/aromatic N) is 3. The van der Waals surface area contributed by atoms with Gasteiger partial charge >= 0.3 is 0 Å². The standard InChI is InChI=1S/C15H28N4O2/c16-14(17-21)12-18-7-9-19(10-8-18)15(20)11-13-5-3-1-2-4-6-13/h13,21H,1-12H2,(H2,16,17). The van der Waals surface area contributed by atoms with Crippen molar-refractivity contribution < 1.29 is 10.0 Å². The molecule has 0 aromatic carbocycles. The van der Waals surface area contributed by atoms with Crippen molar-refractivity contribution in [3.8, 4) is 0 Å². The Morgan fingerprint density at radius 3 is 2.29 bits per heavy atom. The molecule has 6 heteroatoms. The summed E-state index contributed by atoms with van der Waals surface area (Å²) in [5.41, 5.74) is 5.51. The van der Waals surface area contributed by atoms with Crippen LogP contribution in [0.15, 0.2) is 5.16 Å². The van der Waals surface area contributed by atoms with Crippen molar-refractivity contribution in [1.29, 1.82) is 0 Å². The predicted octanol–water partition coefficient (Wildman–Crippen LogP) is 1.24. The lowest BCUT2D eigenvalue weighted by Crippen LogP contribution is -2.50. The molecule has 1 heterocycles. The molecule has 2 fully saturated rings. The molecule has 0 bridgehead atoms. The maximum absolute atomic E-state index is 12.4. The van der Waals surface area contributed by atoms with Gasteiger partial charge in [-0.15, -0.1) is 0 Å². The molecule has 1 aliphatic heterocycles. The molecule has 0 atom stereocenters. The molecule has 2 aliphatic rings. The fourth-order valence-corrected chi connectivity index (χ4v) is 3.36. The monoisotopic (exact) mass is 296 g/mol. The molecule has 2 rings (SSSR count). The second-order valence-electron chi connectivity index (χ2n) is 6.31. The van der Waals surface area contributed by atoms with Gasteiger partial charge in [-0.2, -0.15) is 0 Å². The number of rotatable bonds is 4. The van der Waals surface area contributed by atoms with Gasteiger partial charge in [0.2, 0.25) is 5.91 Å². The molecule has 0 spiro atoms. The van der Waals surface area contributed by atoms with Gasteiger partial charge in [0.1, 0.15) is 0 Å². The van der Waals surface area contributed by atoms with Crippen LogP contribution >= 0.6 is 0 Å². The van der Waals surface area contributed by atoms with Gasteiger partial charge in [0, 0.05) is 32.6 Å². The number of nitrogens with two attached hydrogens (primary N) is 1. The summed E-state index contributed by atoms with van der Waals surface area (Å²) < 4.78 is 0. The minimum atomic E-state index is 0.230. The number of amidine groups is 1. The number of hydrogen-bond acceptors (Lipinski definition) is 4. The zero-order valence-corrected chi connectivity index (χ0v) is 12.8. The van der Waals surface area contributed by atoms with Crippen LogP contribution < -0.4 is 5.73 Å². The highest BCUT2D eigenvalue weighted by Gasteiger charge is 2.24. The van der Waals surface area contributed by atoms with Crippen molar-refractivity contribution in [3.63, 3.8) is 0 Å². The van der Waals surface area contributed by atoms with Crippen LogP contribution in [0.5, 0.6) is 0 Å². The number of amides is 1. The normalized spacial score (nSPS) is 23.0. The van der Waals surface area contributed by atoms with Crippen LogP contribution in [0.3, 0.4) is 0 Å². The fourth-order valence-electron chi connectivity index (χ4n) is 3.36. The molecule has 1 saturated carbocycles. The van der Waals surface area contributed by atoms with E-state index in [0.29, 0.717) is 18.4 Å². The van der Waals surface area contributed by atoms with E-state index in [1.807, 2.05) is 4.90 Å². The van der Waals surface area contributed by atoms with Crippen molar-refractivity contribution in [1.82, 2.24) is 9.80 Å². The van der Waals surface area contributed by atoms with Gasteiger partial charge in [-0.25, -0.2) is 0 Å². The first kappa shape index (κ1) is 16.1. The maximum atomic E-state index is 12.4. The fraction of sp³-hybridized carbons (Fsp3) is 0.867. The van der Waals surface area contributed by atoms with Crippen molar-refractivity contribution in [2.45, 2.75) is 44.9 Å². The van der Waals surface area contributed by atoms with Crippen LogP contribution in [-0.4, -0.2) is 59.5 Å². The van der Waals surface area contributed by atoms with Crippen molar-refractivity contribution in [2.75, 3.05) is 32.7 Å². The maximum Gasteiger partial charge on any atom is 0.222 e. The Hall–Kier alpha value is -1.30. The average molecular weight is 296 g/mol. The highest BCUT2D eigenvalue weighted by molar-refractivity contribution is 5.81. The SMILES string of the molecule is NC(CN1CCN(C(=O)CC2CCCCCC2)CC1)=NO. The topological polar surface area (TPSA) is 82.2 Å². The highest BCUT2D eigenvalue weighted by Crippen LogP contribution is 2.26. The molecular formula is C15H28N4O2. The molecule has 0 aromatic heterocycles. The highest BCUT2D eigenvalue weighted by atomic mass is 16.4. The van der Waals surface area contributed by atoms with E-state index in [1.165, 1.54) is 38.5 Å². The van der Waals surface area contributed by atoms with Gasteiger partial charge in [-0.3, -0.25) is 9.69 Å². The lowest BCUT2D eigenvalue weighted by atomic mass is 9.96. The summed E-state index contributed by atoms with van der Waals surface area (Å²) in [6.07, 6.45) is 8.38. The lowest BCUT2D eigenvalue weighted by Gasteiger charge is -2.35. The zero-order chi connectivity index (χ0) is 15.1. The van der Waals surface area contributed by atoms with Crippen molar-refractivity contribution >= 4 is 11.7 Å². The van der Waals surface area contributed by atoms with E-state index in [2.05, 4.69) is 10.1 Å². The first-order valence-corrected chi connectivity index (χ1v) is 8.15. The summed E-state index contributed by atoms with van der Waals surface area (Å²) >= 11 is 0. The Balaban J connectivity index is 1.72. The van der Waals surface area contributed by atoms with Gasteiger partial charge in [0.05, 0.1) is 6.54 Å². The molecule has 0 unspecified atom stereocenters. The minimum Gasteiger partial charge on any atom is -0.409 e. The first-order chi connectivity index (χ1) is 10.2. The quantitative estimate of drug-likeness (QED) is 0.269. The summed E-state index contributed by atoms with van der Waals surface area (Å²) in [4.78, 5) is 16.5. The number of carbonyl (C=O) groups excluding carboxylic acids is 1. The Bertz CT molecular complexity index is 357. The summed E-state index contributed by atoms with van der Waals surface area (Å²) in [5, 5.41) is 11.6. The smallest absolute Gasteiger partial charge is 0.222 e. The third-order valence-electron chi connectivity index (χ3n) is 4.68. The lowest BCUT2D eigenvalue weighted by molar-refractivity contribution is -0.134. The average Bonchev–Trinajstić information content (AvgIpc) is 2.76.